The number of likely N-dealkylation sites (tertiary alicyclic amines) is 1. The Hall–Kier alpha value is -5.57. The highest BCUT2D eigenvalue weighted by Gasteiger charge is 2.42. The molecular formula is C43H53ClF3N12O5+. The van der Waals surface area contributed by atoms with Gasteiger partial charge in [-0.3, -0.25) is 24.5 Å². The Balaban J connectivity index is 0.844. The zero-order valence-electron chi connectivity index (χ0n) is 35.3. The summed E-state index contributed by atoms with van der Waals surface area (Å²) in [7, 11) is 0. The lowest BCUT2D eigenvalue weighted by Crippen LogP contribution is -2.62. The summed E-state index contributed by atoms with van der Waals surface area (Å²) in [6.45, 7) is 5.85. The van der Waals surface area contributed by atoms with E-state index < -0.39 is 23.7 Å². The minimum absolute atomic E-state index is 0.00324. The van der Waals surface area contributed by atoms with Crippen LogP contribution in [0.25, 0.3) is 11.4 Å². The highest BCUT2D eigenvalue weighted by Crippen LogP contribution is 2.36. The third-order valence-corrected chi connectivity index (χ3v) is 13.5. The number of quaternary nitrogens is 1. The Morgan fingerprint density at radius 2 is 1.67 bits per heavy atom. The third kappa shape index (κ3) is 10.2. The molecule has 17 nitrogen and oxygen atoms in total. The largest absolute Gasteiger partial charge is 0.477 e. The van der Waals surface area contributed by atoms with Gasteiger partial charge in [0.2, 0.25) is 5.91 Å². The predicted octanol–water partition coefficient (Wildman–Crippen LogP) is 4.21. The zero-order chi connectivity index (χ0) is 45.2. The number of nitrogens with zero attached hydrogens (tertiary/aromatic N) is 6. The van der Waals surface area contributed by atoms with Gasteiger partial charge in [0.1, 0.15) is 11.4 Å². The lowest BCUT2D eigenvalue weighted by molar-refractivity contribution is -0.929. The molecule has 1 aromatic carbocycles. The van der Waals surface area contributed by atoms with Gasteiger partial charge in [-0.1, -0.05) is 24.4 Å². The summed E-state index contributed by atoms with van der Waals surface area (Å²) < 4.78 is 42.9. The van der Waals surface area contributed by atoms with Gasteiger partial charge in [-0.25, -0.2) is 9.78 Å². The van der Waals surface area contributed by atoms with Crippen molar-refractivity contribution in [3.8, 4) is 11.4 Å². The number of benzene rings is 1. The minimum Gasteiger partial charge on any atom is -0.477 e. The number of piperazine rings is 1. The number of alkyl halides is 3. The monoisotopic (exact) mass is 909 g/mol. The average molecular weight is 910 g/mol. The fraction of sp³-hybridized carbons (Fsp3) is 0.512. The average Bonchev–Trinajstić information content (AvgIpc) is 4.02. The molecule has 3 aromatic heterocycles. The molecule has 0 unspecified atom stereocenters. The maximum absolute atomic E-state index is 14.1. The van der Waals surface area contributed by atoms with Crippen LogP contribution in [0.5, 0.6) is 0 Å². The maximum Gasteiger partial charge on any atom is 0.433 e. The highest BCUT2D eigenvalue weighted by molar-refractivity contribution is 6.34. The summed E-state index contributed by atoms with van der Waals surface area (Å²) in [6, 6.07) is 7.73. The molecule has 64 heavy (non-hydrogen) atoms. The number of hydrogen-bond acceptors (Lipinski definition) is 10. The third-order valence-electron chi connectivity index (χ3n) is 13.2. The number of carboxylic acids is 1. The van der Waals surface area contributed by atoms with E-state index in [9.17, 15) is 37.5 Å². The van der Waals surface area contributed by atoms with Crippen LogP contribution >= 0.6 is 11.6 Å². The van der Waals surface area contributed by atoms with Gasteiger partial charge in [0.25, 0.3) is 11.8 Å². The predicted molar refractivity (Wildman–Crippen MR) is 230 cm³/mol. The summed E-state index contributed by atoms with van der Waals surface area (Å²) in [5, 5.41) is 25.0. The number of aliphatic carboxylic acids is 1. The molecule has 0 atom stereocenters. The number of nitrogens with two attached hydrogens (primary N) is 1. The van der Waals surface area contributed by atoms with Crippen molar-refractivity contribution in [2.24, 2.45) is 17.6 Å². The second-order valence-electron chi connectivity index (χ2n) is 17.8. The van der Waals surface area contributed by atoms with Crippen molar-refractivity contribution in [3.05, 3.63) is 76.1 Å². The van der Waals surface area contributed by atoms with Crippen molar-refractivity contribution >= 4 is 46.7 Å². The van der Waals surface area contributed by atoms with Gasteiger partial charge in [0, 0.05) is 106 Å². The molecule has 4 fully saturated rings. The van der Waals surface area contributed by atoms with E-state index in [0.717, 1.165) is 45.3 Å². The van der Waals surface area contributed by atoms with Gasteiger partial charge in [0.05, 0.1) is 47.8 Å². The van der Waals surface area contributed by atoms with E-state index >= 15 is 0 Å². The number of imidazole rings is 1. The highest BCUT2D eigenvalue weighted by atomic mass is 35.5. The van der Waals surface area contributed by atoms with Crippen LogP contribution in [-0.2, 0) is 22.2 Å². The van der Waals surface area contributed by atoms with Crippen molar-refractivity contribution < 1.29 is 41.9 Å². The lowest BCUT2D eigenvalue weighted by Gasteiger charge is -2.46. The first-order valence-corrected chi connectivity index (χ1v) is 22.1. The number of H-pyrrole nitrogens is 2. The fourth-order valence-corrected chi connectivity index (χ4v) is 9.77. The normalized spacial score (nSPS) is 21.4. The van der Waals surface area contributed by atoms with Gasteiger partial charge in [-0.05, 0) is 43.2 Å². The minimum atomic E-state index is -4.75. The number of piperidine rings is 1. The molecule has 0 radical (unpaired) electrons. The maximum atomic E-state index is 14.1. The lowest BCUT2D eigenvalue weighted by atomic mass is 9.90. The number of nitrogens with one attached hydrogen (secondary N) is 5. The Kier molecular flexibility index (Phi) is 13.0. The van der Waals surface area contributed by atoms with Crippen molar-refractivity contribution in [1.29, 1.82) is 0 Å². The number of hydrogen-bond donors (Lipinski definition) is 7. The first-order chi connectivity index (χ1) is 30.6. The first kappa shape index (κ1) is 45.0. The van der Waals surface area contributed by atoms with E-state index in [2.05, 4.69) is 41.1 Å². The number of pyridine rings is 1. The van der Waals surface area contributed by atoms with Crippen LogP contribution in [0.15, 0.2) is 42.7 Å². The van der Waals surface area contributed by atoms with E-state index in [-0.39, 0.29) is 81.0 Å². The number of carbonyl (C=O) groups is 4. The van der Waals surface area contributed by atoms with Crippen LogP contribution in [0.1, 0.15) is 76.5 Å². The van der Waals surface area contributed by atoms with Crippen molar-refractivity contribution in [3.63, 3.8) is 0 Å². The molecule has 6 heterocycles. The molecule has 1 saturated carbocycles. The molecule has 8 N–H and O–H groups in total. The quantitative estimate of drug-likeness (QED) is 0.0888. The number of amides is 3. The van der Waals surface area contributed by atoms with Crippen LogP contribution in [0.4, 0.5) is 24.5 Å². The van der Waals surface area contributed by atoms with Crippen LogP contribution in [0.2, 0.25) is 5.02 Å². The summed E-state index contributed by atoms with van der Waals surface area (Å²) in [5.41, 5.74) is 6.51. The number of carboxylic acid groups (broad SMARTS) is 1. The molecule has 3 amide bonds. The summed E-state index contributed by atoms with van der Waals surface area (Å²) in [4.78, 5) is 66.7. The number of aromatic amines is 2. The molecule has 342 valence electrons. The van der Waals surface area contributed by atoms with Crippen molar-refractivity contribution in [1.82, 2.24) is 40.3 Å². The molecule has 0 bridgehead atoms. The van der Waals surface area contributed by atoms with Crippen LogP contribution in [0, 0.1) is 11.8 Å². The molecule has 1 aliphatic carbocycles. The topological polar surface area (TPSA) is 227 Å². The fourth-order valence-electron chi connectivity index (χ4n) is 9.51. The zero-order valence-corrected chi connectivity index (χ0v) is 36.0. The molecule has 4 aromatic rings. The second-order valence-corrected chi connectivity index (χ2v) is 18.2. The van der Waals surface area contributed by atoms with E-state index in [1.807, 2.05) is 0 Å². The molecule has 4 aliphatic rings. The SMILES string of the molecule is NC1(CNc2ccc(-c3n[nH]c(C(F)(F)F)c3Cc3cnc(C(=O)Nc4ccc(C(=O)N5CCN(C(=O)C6CC[N+](CC(=O)O)(CC7CNC7)CC6)CC5)c(Cl)c4)[nH]3)nc2)CCCC1. The second kappa shape index (κ2) is 18.5. The van der Waals surface area contributed by atoms with Gasteiger partial charge >= 0.3 is 12.1 Å². The van der Waals surface area contributed by atoms with Gasteiger partial charge < -0.3 is 46.1 Å². The van der Waals surface area contributed by atoms with Gasteiger partial charge in [0.15, 0.2) is 12.4 Å². The molecular weight excluding hydrogens is 857 g/mol. The van der Waals surface area contributed by atoms with E-state index in [1.165, 1.54) is 30.6 Å². The van der Waals surface area contributed by atoms with Crippen molar-refractivity contribution in [2.45, 2.75) is 56.7 Å². The van der Waals surface area contributed by atoms with Crippen molar-refractivity contribution in [2.75, 3.05) is 82.6 Å². The van der Waals surface area contributed by atoms with E-state index in [1.54, 1.807) is 21.9 Å². The van der Waals surface area contributed by atoms with Crippen LogP contribution in [-0.4, -0.2) is 146 Å². The molecule has 21 heteroatoms. The van der Waals surface area contributed by atoms with E-state index in [4.69, 9.17) is 17.3 Å². The van der Waals surface area contributed by atoms with E-state index in [0.29, 0.717) is 74.7 Å². The summed E-state index contributed by atoms with van der Waals surface area (Å²) in [5.74, 6) is -1.68. The Morgan fingerprint density at radius 3 is 2.30 bits per heavy atom. The standard InChI is InChI=1S/C43H52ClF3N12O5/c44-33-18-28(3-5-31(33)41(64)58-13-11-57(12-14-58)40(63)27-7-15-59(16-8-27,24-35(60)61)23-26-19-49-20-26)54-39(62)38-51-22-30(53-38)17-32-36(55-56-37(32)43(45,46)47)34-6-4-29(21-50-34)52-25-42(48)9-1-2-10-42/h3-6,18,21-22,26-27,49H,1-2,7-17,19-20,23-25,48H2,(H4-,50,51,52,53,54,55,56,60,61,62,64)/p+1. The molecule has 3 saturated heterocycles. The number of aromatic nitrogens is 5. The van der Waals surface area contributed by atoms with Gasteiger partial charge in [-0.15, -0.1) is 0 Å². The van der Waals surface area contributed by atoms with Crippen LogP contribution < -0.4 is 21.7 Å². The first-order valence-electron chi connectivity index (χ1n) is 21.7. The Labute approximate surface area is 372 Å². The van der Waals surface area contributed by atoms with Crippen LogP contribution in [0.3, 0.4) is 0 Å². The number of anilines is 2. The molecule has 3 aliphatic heterocycles. The van der Waals surface area contributed by atoms with Gasteiger partial charge in [-0.2, -0.15) is 18.3 Å². The Morgan fingerprint density at radius 1 is 0.969 bits per heavy atom. The molecule has 8 rings (SSSR count). The Bertz CT molecular complexity index is 2350. The summed E-state index contributed by atoms with van der Waals surface area (Å²) in [6.07, 6.45) is 2.99. The summed E-state index contributed by atoms with van der Waals surface area (Å²) >= 11 is 6.57. The smallest absolute Gasteiger partial charge is 0.433 e. The number of halogens is 4. The number of rotatable bonds is 14. The molecule has 0 spiro atoms. The number of carbonyl (C=O) groups excluding carboxylic acids is 3.